The molecule has 2 aromatic heterocycles. The van der Waals surface area contributed by atoms with Crippen LogP contribution >= 0.6 is 0 Å². The fourth-order valence-electron chi connectivity index (χ4n) is 4.43. The van der Waals surface area contributed by atoms with E-state index in [-0.39, 0.29) is 6.04 Å². The van der Waals surface area contributed by atoms with Crippen molar-refractivity contribution in [2.45, 2.75) is 30.2 Å². The van der Waals surface area contributed by atoms with E-state index in [9.17, 15) is 8.42 Å². The molecule has 7 nitrogen and oxygen atoms in total. The number of para-hydroxylation sites is 1. The molecule has 3 heterocycles. The third-order valence-electron chi connectivity index (χ3n) is 6.10. The summed E-state index contributed by atoms with van der Waals surface area (Å²) in [6, 6.07) is 15.1. The number of aromatic nitrogens is 2. The highest BCUT2D eigenvalue weighted by Gasteiger charge is 2.27. The second kappa shape index (κ2) is 8.11. The highest BCUT2D eigenvalue weighted by molar-refractivity contribution is 7.89. The number of likely N-dealkylation sites (tertiary alicyclic amines) is 1. The van der Waals surface area contributed by atoms with Gasteiger partial charge in [0.05, 0.1) is 10.6 Å². The molecule has 0 bridgehead atoms. The van der Waals surface area contributed by atoms with E-state index in [0.29, 0.717) is 4.90 Å². The number of hydrogen-bond donors (Lipinski definition) is 1. The van der Waals surface area contributed by atoms with E-state index in [4.69, 9.17) is 4.52 Å². The Morgan fingerprint density at radius 2 is 2.06 bits per heavy atom. The molecular formula is C23H26N4O3S. The molecule has 1 aliphatic heterocycles. The molecule has 1 aliphatic rings. The standard InChI is InChI=1S/C23H26N4O3S/c1-26-13-10-17-15-19(8-9-22(17)26)31(28,29)25-18-11-14-27(16-18)12-4-6-21-20-5-2-3-7-23(20)30-24-21/h2-3,5,7-10,13,15,18,25H,4,6,11-12,14,16H2,1H3/t18-/m0/s1. The van der Waals surface area contributed by atoms with E-state index in [0.717, 1.165) is 66.5 Å². The quantitative estimate of drug-likeness (QED) is 0.479. The molecule has 0 saturated carbocycles. The maximum Gasteiger partial charge on any atom is 0.240 e. The fourth-order valence-corrected chi connectivity index (χ4v) is 5.73. The predicted octanol–water partition coefficient (Wildman–Crippen LogP) is 3.30. The van der Waals surface area contributed by atoms with Crippen molar-refractivity contribution in [3.63, 3.8) is 0 Å². The Bertz CT molecular complexity index is 1330. The predicted molar refractivity (Wildman–Crippen MR) is 120 cm³/mol. The van der Waals surface area contributed by atoms with Crippen LogP contribution in [0, 0.1) is 0 Å². The molecule has 0 aliphatic carbocycles. The highest BCUT2D eigenvalue weighted by Crippen LogP contribution is 2.22. The number of aryl methyl sites for hydroxylation is 2. The number of rotatable bonds is 7. The third kappa shape index (κ3) is 4.11. The first-order chi connectivity index (χ1) is 15.0. The summed E-state index contributed by atoms with van der Waals surface area (Å²) in [6.45, 7) is 2.53. The molecule has 1 fully saturated rings. The van der Waals surface area contributed by atoms with Crippen LogP contribution in [0.2, 0.25) is 0 Å². The molecule has 1 atom stereocenters. The first-order valence-electron chi connectivity index (χ1n) is 10.6. The topological polar surface area (TPSA) is 80.4 Å². The second-order valence-electron chi connectivity index (χ2n) is 8.28. The Hall–Kier alpha value is -2.68. The third-order valence-corrected chi connectivity index (χ3v) is 7.62. The monoisotopic (exact) mass is 438 g/mol. The van der Waals surface area contributed by atoms with Gasteiger partial charge >= 0.3 is 0 Å². The van der Waals surface area contributed by atoms with E-state index in [1.54, 1.807) is 12.1 Å². The SMILES string of the molecule is Cn1ccc2cc(S(=O)(=O)N[C@H]3CCN(CCCc4noc5ccccc45)C3)ccc21. The second-order valence-corrected chi connectivity index (χ2v) is 10.00. The summed E-state index contributed by atoms with van der Waals surface area (Å²) in [6.07, 6.45) is 4.56. The Kier molecular flexibility index (Phi) is 5.29. The number of nitrogens with zero attached hydrogens (tertiary/aromatic N) is 3. The summed E-state index contributed by atoms with van der Waals surface area (Å²) >= 11 is 0. The Balaban J connectivity index is 1.16. The smallest absolute Gasteiger partial charge is 0.240 e. The zero-order valence-corrected chi connectivity index (χ0v) is 18.3. The lowest BCUT2D eigenvalue weighted by Gasteiger charge is -2.16. The van der Waals surface area contributed by atoms with Crippen LogP contribution in [0.15, 0.2) is 64.1 Å². The van der Waals surface area contributed by atoms with E-state index in [1.165, 1.54) is 0 Å². The van der Waals surface area contributed by atoms with Gasteiger partial charge in [-0.25, -0.2) is 13.1 Å². The van der Waals surface area contributed by atoms with Crippen LogP contribution in [0.5, 0.6) is 0 Å². The molecule has 4 aromatic rings. The van der Waals surface area contributed by atoms with Crippen LogP contribution < -0.4 is 4.72 Å². The fraction of sp³-hybridized carbons (Fsp3) is 0.348. The maximum absolute atomic E-state index is 12.9. The van der Waals surface area contributed by atoms with Crippen LogP contribution in [0.3, 0.4) is 0 Å². The van der Waals surface area contributed by atoms with Gasteiger partial charge in [0.25, 0.3) is 0 Å². The lowest BCUT2D eigenvalue weighted by Crippen LogP contribution is -2.37. The Labute approximate surface area is 181 Å². The summed E-state index contributed by atoms with van der Waals surface area (Å²) in [5, 5.41) is 6.20. The largest absolute Gasteiger partial charge is 0.356 e. The summed E-state index contributed by atoms with van der Waals surface area (Å²) < 4.78 is 36.0. The minimum absolute atomic E-state index is 0.0654. The maximum atomic E-state index is 12.9. The van der Waals surface area contributed by atoms with Crippen LogP contribution in [0.4, 0.5) is 0 Å². The molecule has 1 saturated heterocycles. The van der Waals surface area contributed by atoms with Crippen LogP contribution in [-0.2, 0) is 23.5 Å². The highest BCUT2D eigenvalue weighted by atomic mass is 32.2. The van der Waals surface area contributed by atoms with Crippen LogP contribution in [0.25, 0.3) is 21.9 Å². The summed E-state index contributed by atoms with van der Waals surface area (Å²) in [5.74, 6) is 0. The van der Waals surface area contributed by atoms with E-state index in [2.05, 4.69) is 14.8 Å². The average molecular weight is 439 g/mol. The first-order valence-corrected chi connectivity index (χ1v) is 12.1. The van der Waals surface area contributed by atoms with Crippen LogP contribution in [0.1, 0.15) is 18.5 Å². The van der Waals surface area contributed by atoms with Crippen molar-refractivity contribution in [3.05, 3.63) is 60.4 Å². The van der Waals surface area contributed by atoms with Crippen molar-refractivity contribution in [1.29, 1.82) is 0 Å². The van der Waals surface area contributed by atoms with Crippen molar-refractivity contribution in [3.8, 4) is 0 Å². The van der Waals surface area contributed by atoms with E-state index >= 15 is 0 Å². The molecule has 0 unspecified atom stereocenters. The minimum Gasteiger partial charge on any atom is -0.356 e. The molecule has 1 N–H and O–H groups in total. The number of fused-ring (bicyclic) bond motifs is 2. The van der Waals surface area contributed by atoms with Gasteiger partial charge in [-0.05, 0) is 68.8 Å². The summed E-state index contributed by atoms with van der Waals surface area (Å²) in [5.41, 5.74) is 2.83. The van der Waals surface area contributed by atoms with Gasteiger partial charge < -0.3 is 14.0 Å². The Morgan fingerprint density at radius 3 is 2.97 bits per heavy atom. The van der Waals surface area contributed by atoms with Gasteiger partial charge in [0.2, 0.25) is 10.0 Å². The van der Waals surface area contributed by atoms with E-state index in [1.807, 2.05) is 54.2 Å². The van der Waals surface area contributed by atoms with Crippen LogP contribution in [-0.4, -0.2) is 48.7 Å². The number of sulfonamides is 1. The lowest BCUT2D eigenvalue weighted by atomic mass is 10.1. The molecule has 0 amide bonds. The van der Waals surface area contributed by atoms with Gasteiger partial charge in [0.15, 0.2) is 5.58 Å². The molecule has 162 valence electrons. The first kappa shape index (κ1) is 20.2. The zero-order chi connectivity index (χ0) is 21.4. The van der Waals surface area contributed by atoms with Gasteiger partial charge in [0.1, 0.15) is 0 Å². The van der Waals surface area contributed by atoms with Gasteiger partial charge in [-0.15, -0.1) is 0 Å². The molecule has 0 radical (unpaired) electrons. The lowest BCUT2D eigenvalue weighted by molar-refractivity contribution is 0.326. The van der Waals surface area contributed by atoms with Gasteiger partial charge in [0, 0.05) is 42.1 Å². The van der Waals surface area contributed by atoms with Crippen molar-refractivity contribution in [1.82, 2.24) is 19.3 Å². The number of benzene rings is 2. The van der Waals surface area contributed by atoms with Gasteiger partial charge in [-0.2, -0.15) is 0 Å². The summed E-state index contributed by atoms with van der Waals surface area (Å²) in [7, 11) is -1.59. The van der Waals surface area contributed by atoms with Gasteiger partial charge in [-0.1, -0.05) is 17.3 Å². The van der Waals surface area contributed by atoms with Gasteiger partial charge in [-0.3, -0.25) is 0 Å². The molecular weight excluding hydrogens is 412 g/mol. The van der Waals surface area contributed by atoms with Crippen molar-refractivity contribution >= 4 is 31.9 Å². The minimum atomic E-state index is -3.54. The number of hydrogen-bond acceptors (Lipinski definition) is 5. The van der Waals surface area contributed by atoms with Crippen molar-refractivity contribution in [2.75, 3.05) is 19.6 Å². The normalized spacial score (nSPS) is 17.8. The average Bonchev–Trinajstić information content (AvgIpc) is 3.47. The molecule has 5 rings (SSSR count). The number of nitrogens with one attached hydrogen (secondary N) is 1. The molecule has 8 heteroatoms. The summed E-state index contributed by atoms with van der Waals surface area (Å²) in [4.78, 5) is 2.64. The molecule has 31 heavy (non-hydrogen) atoms. The molecule has 2 aromatic carbocycles. The van der Waals surface area contributed by atoms with Crippen molar-refractivity contribution in [2.24, 2.45) is 7.05 Å². The van der Waals surface area contributed by atoms with Crippen molar-refractivity contribution < 1.29 is 12.9 Å². The Morgan fingerprint density at radius 1 is 1.19 bits per heavy atom. The van der Waals surface area contributed by atoms with E-state index < -0.39 is 10.0 Å². The molecule has 0 spiro atoms. The zero-order valence-electron chi connectivity index (χ0n) is 17.5.